The van der Waals surface area contributed by atoms with Gasteiger partial charge in [-0.1, -0.05) is 17.7 Å². The summed E-state index contributed by atoms with van der Waals surface area (Å²) < 4.78 is 15.0. The molecule has 0 aliphatic rings. The molecule has 0 saturated carbocycles. The highest BCUT2D eigenvalue weighted by atomic mass is 16.7. The van der Waals surface area contributed by atoms with Gasteiger partial charge in [0.05, 0.1) is 10.5 Å². The average molecular weight is 458 g/mol. The van der Waals surface area contributed by atoms with Crippen LogP contribution >= 0.6 is 0 Å². The van der Waals surface area contributed by atoms with E-state index in [2.05, 4.69) is 5.32 Å². The molecule has 0 aliphatic heterocycles. The van der Waals surface area contributed by atoms with Gasteiger partial charge in [0.25, 0.3) is 11.6 Å². The summed E-state index contributed by atoms with van der Waals surface area (Å²) >= 11 is 0. The molecule has 0 bridgehead atoms. The molecule has 0 spiro atoms. The molecular formula is C23H26N2O8. The number of benzene rings is 2. The van der Waals surface area contributed by atoms with Crippen molar-refractivity contribution >= 4 is 23.5 Å². The third-order valence-corrected chi connectivity index (χ3v) is 4.74. The quantitative estimate of drug-likeness (QED) is 0.177. The lowest BCUT2D eigenvalue weighted by molar-refractivity contribution is -0.385. The van der Waals surface area contributed by atoms with Crippen molar-refractivity contribution < 1.29 is 33.5 Å². The third-order valence-electron chi connectivity index (χ3n) is 4.74. The predicted octanol–water partition coefficient (Wildman–Crippen LogP) is 3.65. The number of ether oxygens (including phenoxy) is 3. The summed E-state index contributed by atoms with van der Waals surface area (Å²) in [7, 11) is 1.42. The van der Waals surface area contributed by atoms with Gasteiger partial charge in [-0.05, 0) is 38.5 Å². The van der Waals surface area contributed by atoms with Crippen molar-refractivity contribution in [2.24, 2.45) is 0 Å². The minimum atomic E-state index is -0.974. The summed E-state index contributed by atoms with van der Waals surface area (Å²) in [6.45, 7) is 3.20. The zero-order valence-corrected chi connectivity index (χ0v) is 18.7. The van der Waals surface area contributed by atoms with Crippen molar-refractivity contribution in [2.45, 2.75) is 33.3 Å². The van der Waals surface area contributed by atoms with Gasteiger partial charge in [0.2, 0.25) is 0 Å². The molecular weight excluding hydrogens is 432 g/mol. The van der Waals surface area contributed by atoms with Gasteiger partial charge < -0.3 is 19.5 Å². The molecule has 176 valence electrons. The van der Waals surface area contributed by atoms with Crippen molar-refractivity contribution in [2.75, 3.05) is 20.3 Å². The number of ketones is 1. The van der Waals surface area contributed by atoms with Gasteiger partial charge >= 0.3 is 6.16 Å². The first-order valence-corrected chi connectivity index (χ1v) is 10.2. The minimum absolute atomic E-state index is 0.00188. The molecule has 0 radical (unpaired) electrons. The van der Waals surface area contributed by atoms with Gasteiger partial charge in [0.1, 0.15) is 19.0 Å². The maximum absolute atomic E-state index is 12.8. The van der Waals surface area contributed by atoms with Crippen LogP contribution in [0.3, 0.4) is 0 Å². The Hall–Kier alpha value is -3.79. The average Bonchev–Trinajstić information content (AvgIpc) is 2.76. The first-order valence-electron chi connectivity index (χ1n) is 10.2. The molecule has 1 amide bonds. The maximum Gasteiger partial charge on any atom is 0.514 e. The van der Waals surface area contributed by atoms with E-state index in [1.54, 1.807) is 24.3 Å². The van der Waals surface area contributed by atoms with Gasteiger partial charge in [-0.25, -0.2) is 4.79 Å². The number of methoxy groups -OCH3 is 1. The van der Waals surface area contributed by atoms with Crippen LogP contribution in [0.25, 0.3) is 0 Å². The number of nitrogens with zero attached hydrogens (tertiary/aromatic N) is 1. The second kappa shape index (κ2) is 12.3. The summed E-state index contributed by atoms with van der Waals surface area (Å²) in [5, 5.41) is 14.0. The second-order valence-corrected chi connectivity index (χ2v) is 7.29. The van der Waals surface area contributed by atoms with Crippen molar-refractivity contribution in [1.29, 1.82) is 0 Å². The number of nitrogens with one attached hydrogen (secondary N) is 1. The van der Waals surface area contributed by atoms with Gasteiger partial charge in [0.15, 0.2) is 5.78 Å². The fraction of sp³-hybridized carbons (Fsp3) is 0.348. The molecule has 2 aromatic rings. The number of carbonyl (C=O) groups excluding carboxylic acids is 3. The molecule has 10 nitrogen and oxygen atoms in total. The van der Waals surface area contributed by atoms with E-state index in [0.29, 0.717) is 12.2 Å². The Bertz CT molecular complexity index is 1020. The molecule has 1 N–H and O–H groups in total. The molecule has 10 heteroatoms. The Morgan fingerprint density at radius 1 is 1.06 bits per heavy atom. The van der Waals surface area contributed by atoms with Crippen molar-refractivity contribution in [3.63, 3.8) is 0 Å². The fourth-order valence-corrected chi connectivity index (χ4v) is 3.07. The number of carbonyl (C=O) groups is 3. The van der Waals surface area contributed by atoms with Crippen LogP contribution in [0, 0.1) is 24.0 Å². The first kappa shape index (κ1) is 25.5. The topological polar surface area (TPSA) is 134 Å². The van der Waals surface area contributed by atoms with E-state index < -0.39 is 17.0 Å². The van der Waals surface area contributed by atoms with E-state index in [1.807, 2.05) is 6.92 Å². The third kappa shape index (κ3) is 7.69. The highest BCUT2D eigenvalue weighted by molar-refractivity contribution is 5.98. The summed E-state index contributed by atoms with van der Waals surface area (Å²) in [6, 6.07) is 9.38. The Kier molecular flexibility index (Phi) is 9.49. The van der Waals surface area contributed by atoms with Crippen molar-refractivity contribution in [3.05, 3.63) is 68.8 Å². The Labute approximate surface area is 191 Å². The van der Waals surface area contributed by atoms with Gasteiger partial charge in [-0.2, -0.15) is 0 Å². The van der Waals surface area contributed by atoms with Crippen LogP contribution < -0.4 is 10.1 Å². The molecule has 33 heavy (non-hydrogen) atoms. The van der Waals surface area contributed by atoms with Gasteiger partial charge in [0, 0.05) is 37.3 Å². The van der Waals surface area contributed by atoms with Crippen LogP contribution in [0.2, 0.25) is 0 Å². The Balaban J connectivity index is 2.08. The van der Waals surface area contributed by atoms with Crippen LogP contribution in [0.5, 0.6) is 5.75 Å². The second-order valence-electron chi connectivity index (χ2n) is 7.29. The number of nitro benzene ring substituents is 1. The lowest BCUT2D eigenvalue weighted by atomic mass is 9.99. The molecule has 0 atom stereocenters. The van der Waals surface area contributed by atoms with Gasteiger partial charge in [-0.15, -0.1) is 0 Å². The molecule has 2 rings (SSSR count). The number of Topliss-reactive ketones (excluding diaryl/α,β-unsaturated/α-hetero) is 1. The minimum Gasteiger partial charge on any atom is -0.429 e. The molecule has 0 fully saturated rings. The summed E-state index contributed by atoms with van der Waals surface area (Å²) in [5.41, 5.74) is 1.22. The summed E-state index contributed by atoms with van der Waals surface area (Å²) in [6.07, 6.45) is -0.364. The van der Waals surface area contributed by atoms with E-state index >= 15 is 0 Å². The monoisotopic (exact) mass is 458 g/mol. The Morgan fingerprint density at radius 3 is 2.39 bits per heavy atom. The number of amides is 1. The molecule has 2 aromatic carbocycles. The Morgan fingerprint density at radius 2 is 1.76 bits per heavy atom. The molecule has 0 saturated heterocycles. The first-order chi connectivity index (χ1) is 15.7. The summed E-state index contributed by atoms with van der Waals surface area (Å²) in [5.74, 6) is -0.369. The van der Waals surface area contributed by atoms with E-state index in [1.165, 1.54) is 26.2 Å². The van der Waals surface area contributed by atoms with Crippen molar-refractivity contribution in [1.82, 2.24) is 5.32 Å². The largest absolute Gasteiger partial charge is 0.514 e. The smallest absolute Gasteiger partial charge is 0.429 e. The van der Waals surface area contributed by atoms with Gasteiger partial charge in [-0.3, -0.25) is 19.7 Å². The van der Waals surface area contributed by atoms with E-state index in [0.717, 1.165) is 5.56 Å². The van der Waals surface area contributed by atoms with Crippen LogP contribution in [0.1, 0.15) is 39.9 Å². The SMILES string of the molecule is COCC(=O)CCCNC(=O)c1c(COC(=O)Oc2ccc(C)cc2)ccc([N+](=O)[O-])c1C. The van der Waals surface area contributed by atoms with Crippen LogP contribution in [0.15, 0.2) is 36.4 Å². The highest BCUT2D eigenvalue weighted by Gasteiger charge is 2.23. The van der Waals surface area contributed by atoms with E-state index in [-0.39, 0.29) is 54.3 Å². The molecule has 0 aliphatic carbocycles. The van der Waals surface area contributed by atoms with Crippen LogP contribution in [0.4, 0.5) is 10.5 Å². The summed E-state index contributed by atoms with van der Waals surface area (Å²) in [4.78, 5) is 47.1. The zero-order valence-electron chi connectivity index (χ0n) is 18.7. The van der Waals surface area contributed by atoms with Crippen LogP contribution in [-0.2, 0) is 20.9 Å². The van der Waals surface area contributed by atoms with Crippen molar-refractivity contribution in [3.8, 4) is 5.75 Å². The van der Waals surface area contributed by atoms with E-state index in [9.17, 15) is 24.5 Å². The highest BCUT2D eigenvalue weighted by Crippen LogP contribution is 2.25. The van der Waals surface area contributed by atoms with Crippen LogP contribution in [-0.4, -0.2) is 43.0 Å². The number of nitro groups is 1. The predicted molar refractivity (Wildman–Crippen MR) is 118 cm³/mol. The number of rotatable bonds is 11. The zero-order chi connectivity index (χ0) is 24.4. The number of hydrogen-bond acceptors (Lipinski definition) is 8. The van der Waals surface area contributed by atoms with E-state index in [4.69, 9.17) is 14.2 Å². The number of aryl methyl sites for hydroxylation is 1. The molecule has 0 heterocycles. The lowest BCUT2D eigenvalue weighted by Crippen LogP contribution is -2.27. The maximum atomic E-state index is 12.8. The normalized spacial score (nSPS) is 10.4. The number of hydrogen-bond donors (Lipinski definition) is 1. The lowest BCUT2D eigenvalue weighted by Gasteiger charge is -2.14. The standard InChI is InChI=1S/C23H26N2O8/c1-15-6-9-19(10-7-15)33-23(28)32-13-17-8-11-20(25(29)30)16(2)21(17)22(27)24-12-4-5-18(26)14-31-3/h6-11H,4-5,12-14H2,1-3H3,(H,24,27). The fourth-order valence-electron chi connectivity index (χ4n) is 3.07. The molecule has 0 unspecified atom stereocenters. The molecule has 0 aromatic heterocycles.